The van der Waals surface area contributed by atoms with Gasteiger partial charge in [0.05, 0.1) is 31.6 Å². The minimum Gasteiger partial charge on any atom is -0.394 e. The minimum atomic E-state index is 0.137. The van der Waals surface area contributed by atoms with E-state index in [9.17, 15) is 0 Å². The van der Waals surface area contributed by atoms with Crippen LogP contribution in [0.1, 0.15) is 30.8 Å². The van der Waals surface area contributed by atoms with Crippen molar-refractivity contribution in [3.63, 3.8) is 0 Å². The number of ether oxygens (including phenoxy) is 1. The van der Waals surface area contributed by atoms with Crippen molar-refractivity contribution >= 4 is 0 Å². The fourth-order valence-electron chi connectivity index (χ4n) is 3.09. The van der Waals surface area contributed by atoms with Gasteiger partial charge in [-0.15, -0.1) is 0 Å². The number of hydrogen-bond acceptors (Lipinski definition) is 5. The van der Waals surface area contributed by atoms with Crippen LogP contribution in [0.4, 0.5) is 0 Å². The van der Waals surface area contributed by atoms with E-state index in [1.165, 1.54) is 11.3 Å². The Labute approximate surface area is 140 Å². The van der Waals surface area contributed by atoms with E-state index in [2.05, 4.69) is 42.6 Å². The maximum absolute atomic E-state index is 9.11. The van der Waals surface area contributed by atoms with Crippen LogP contribution in [0.5, 0.6) is 0 Å². The molecule has 132 valence electrons. The molecule has 0 saturated carbocycles. The zero-order valence-corrected chi connectivity index (χ0v) is 15.1. The summed E-state index contributed by atoms with van der Waals surface area (Å²) in [7, 11) is 0. The van der Waals surface area contributed by atoms with Crippen LogP contribution in [-0.4, -0.2) is 76.7 Å². The molecule has 0 aliphatic carbocycles. The monoisotopic (exact) mass is 324 g/mol. The van der Waals surface area contributed by atoms with Gasteiger partial charge >= 0.3 is 0 Å². The molecular weight excluding hydrogens is 292 g/mol. The Bertz CT molecular complexity index is 479. The first kappa shape index (κ1) is 18.4. The summed E-state index contributed by atoms with van der Waals surface area (Å²) in [5.74, 6) is 0. The number of aryl methyl sites for hydroxylation is 1. The third-order valence-electron chi connectivity index (χ3n) is 4.55. The van der Waals surface area contributed by atoms with E-state index >= 15 is 0 Å². The van der Waals surface area contributed by atoms with Crippen LogP contribution in [-0.2, 0) is 17.8 Å². The molecular formula is C17H32N4O2. The Morgan fingerprint density at radius 2 is 1.74 bits per heavy atom. The molecule has 0 bridgehead atoms. The van der Waals surface area contributed by atoms with Gasteiger partial charge in [-0.25, -0.2) is 0 Å². The smallest absolute Gasteiger partial charge is 0.0644 e. The van der Waals surface area contributed by atoms with Crippen molar-refractivity contribution in [3.05, 3.63) is 17.0 Å². The number of aliphatic hydroxyl groups is 1. The molecule has 1 aromatic heterocycles. The Balaban J connectivity index is 1.80. The van der Waals surface area contributed by atoms with E-state index < -0.39 is 0 Å². The second-order valence-corrected chi connectivity index (χ2v) is 6.63. The second kappa shape index (κ2) is 8.78. The summed E-state index contributed by atoms with van der Waals surface area (Å²) >= 11 is 0. The summed E-state index contributed by atoms with van der Waals surface area (Å²) in [6.45, 7) is 16.2. The van der Waals surface area contributed by atoms with Crippen molar-refractivity contribution in [2.24, 2.45) is 0 Å². The summed E-state index contributed by atoms with van der Waals surface area (Å²) in [4.78, 5) is 4.98. The molecule has 0 unspecified atom stereocenters. The molecule has 1 fully saturated rings. The topological polar surface area (TPSA) is 53.8 Å². The SMILES string of the molecule is Cc1nn(CCO)c(C)c1CN1CCN(CCOC(C)C)CC1. The Hall–Kier alpha value is -0.950. The summed E-state index contributed by atoms with van der Waals surface area (Å²) in [6.07, 6.45) is 0.317. The molecule has 1 N–H and O–H groups in total. The molecule has 2 heterocycles. The lowest BCUT2D eigenvalue weighted by Gasteiger charge is -2.34. The van der Waals surface area contributed by atoms with Crippen LogP contribution in [0.2, 0.25) is 0 Å². The van der Waals surface area contributed by atoms with Gasteiger partial charge in [-0.1, -0.05) is 0 Å². The first-order chi connectivity index (χ1) is 11.0. The average Bonchev–Trinajstić information content (AvgIpc) is 2.77. The molecule has 1 saturated heterocycles. The van der Waals surface area contributed by atoms with E-state index in [0.29, 0.717) is 12.6 Å². The van der Waals surface area contributed by atoms with E-state index in [4.69, 9.17) is 9.84 Å². The van der Waals surface area contributed by atoms with E-state index in [0.717, 1.165) is 51.6 Å². The third kappa shape index (κ3) is 5.28. The molecule has 0 spiro atoms. The first-order valence-electron chi connectivity index (χ1n) is 8.71. The first-order valence-corrected chi connectivity index (χ1v) is 8.71. The lowest BCUT2D eigenvalue weighted by atomic mass is 10.1. The summed E-state index contributed by atoms with van der Waals surface area (Å²) in [5, 5.41) is 13.7. The molecule has 1 aliphatic heterocycles. The third-order valence-corrected chi connectivity index (χ3v) is 4.55. The van der Waals surface area contributed by atoms with Crippen molar-refractivity contribution in [2.75, 3.05) is 45.9 Å². The molecule has 1 aliphatic rings. The maximum Gasteiger partial charge on any atom is 0.0644 e. The van der Waals surface area contributed by atoms with Crippen molar-refractivity contribution in [2.45, 2.75) is 46.9 Å². The van der Waals surface area contributed by atoms with Crippen molar-refractivity contribution in [1.82, 2.24) is 19.6 Å². The lowest BCUT2D eigenvalue weighted by Crippen LogP contribution is -2.47. The zero-order valence-electron chi connectivity index (χ0n) is 15.1. The van der Waals surface area contributed by atoms with Gasteiger partial charge in [0.2, 0.25) is 0 Å². The van der Waals surface area contributed by atoms with Gasteiger partial charge in [-0.05, 0) is 27.7 Å². The van der Waals surface area contributed by atoms with Gasteiger partial charge in [0.25, 0.3) is 0 Å². The summed E-state index contributed by atoms with van der Waals surface area (Å²) in [6, 6.07) is 0. The number of aromatic nitrogens is 2. The van der Waals surface area contributed by atoms with Crippen molar-refractivity contribution in [3.8, 4) is 0 Å². The Morgan fingerprint density at radius 1 is 1.09 bits per heavy atom. The van der Waals surface area contributed by atoms with Crippen LogP contribution in [0.25, 0.3) is 0 Å². The van der Waals surface area contributed by atoms with E-state index in [1.807, 2.05) is 4.68 Å². The lowest BCUT2D eigenvalue weighted by molar-refractivity contribution is 0.0437. The fourth-order valence-corrected chi connectivity index (χ4v) is 3.09. The maximum atomic E-state index is 9.11. The van der Waals surface area contributed by atoms with Crippen LogP contribution in [0.3, 0.4) is 0 Å². The number of nitrogens with zero attached hydrogens (tertiary/aromatic N) is 4. The number of piperazine rings is 1. The predicted octanol–water partition coefficient (Wildman–Crippen LogP) is 1.03. The average molecular weight is 324 g/mol. The standard InChI is InChI=1S/C17H32N4O2/c1-14(2)23-12-10-19-5-7-20(8-6-19)13-17-15(3)18-21(9-11-22)16(17)4/h14,22H,5-13H2,1-4H3. The molecule has 0 aromatic carbocycles. The van der Waals surface area contributed by atoms with Crippen LogP contribution in [0, 0.1) is 13.8 Å². The fraction of sp³-hybridized carbons (Fsp3) is 0.824. The minimum absolute atomic E-state index is 0.137. The van der Waals surface area contributed by atoms with Gasteiger partial charge in [0, 0.05) is 50.5 Å². The highest BCUT2D eigenvalue weighted by molar-refractivity contribution is 5.24. The molecule has 2 rings (SSSR count). The van der Waals surface area contributed by atoms with Crippen molar-refractivity contribution < 1.29 is 9.84 Å². The van der Waals surface area contributed by atoms with Gasteiger partial charge < -0.3 is 9.84 Å². The van der Waals surface area contributed by atoms with Gasteiger partial charge in [-0.2, -0.15) is 5.10 Å². The van der Waals surface area contributed by atoms with Gasteiger partial charge in [0.1, 0.15) is 0 Å². The largest absolute Gasteiger partial charge is 0.394 e. The highest BCUT2D eigenvalue weighted by Crippen LogP contribution is 2.16. The van der Waals surface area contributed by atoms with E-state index in [-0.39, 0.29) is 6.61 Å². The molecule has 1 aromatic rings. The molecule has 0 amide bonds. The molecule has 0 atom stereocenters. The highest BCUT2D eigenvalue weighted by Gasteiger charge is 2.20. The van der Waals surface area contributed by atoms with Gasteiger partial charge in [0.15, 0.2) is 0 Å². The number of hydrogen-bond donors (Lipinski definition) is 1. The summed E-state index contributed by atoms with van der Waals surface area (Å²) < 4.78 is 7.56. The Kier molecular flexibility index (Phi) is 7.02. The van der Waals surface area contributed by atoms with Crippen LogP contribution < -0.4 is 0 Å². The molecule has 23 heavy (non-hydrogen) atoms. The van der Waals surface area contributed by atoms with Gasteiger partial charge in [-0.3, -0.25) is 14.5 Å². The Morgan fingerprint density at radius 3 is 2.35 bits per heavy atom. The second-order valence-electron chi connectivity index (χ2n) is 6.63. The van der Waals surface area contributed by atoms with Crippen molar-refractivity contribution in [1.29, 1.82) is 0 Å². The molecule has 6 nitrogen and oxygen atoms in total. The van der Waals surface area contributed by atoms with Crippen LogP contribution >= 0.6 is 0 Å². The quantitative estimate of drug-likeness (QED) is 0.774. The zero-order chi connectivity index (χ0) is 16.8. The molecule has 6 heteroatoms. The van der Waals surface area contributed by atoms with E-state index in [1.54, 1.807) is 0 Å². The summed E-state index contributed by atoms with van der Waals surface area (Å²) in [5.41, 5.74) is 3.59. The highest BCUT2D eigenvalue weighted by atomic mass is 16.5. The number of rotatable bonds is 8. The molecule has 0 radical (unpaired) electrons. The predicted molar refractivity (Wildman–Crippen MR) is 91.6 cm³/mol. The number of aliphatic hydroxyl groups excluding tert-OH is 1. The van der Waals surface area contributed by atoms with Crippen LogP contribution in [0.15, 0.2) is 0 Å². The normalized spacial score (nSPS) is 17.3.